The number of nitrogens with two attached hydrogens (primary N) is 1. The van der Waals surface area contributed by atoms with Crippen molar-refractivity contribution in [2.75, 3.05) is 14.2 Å². The van der Waals surface area contributed by atoms with Crippen LogP contribution in [0.2, 0.25) is 0 Å². The second kappa shape index (κ2) is 32.1. The zero-order valence-corrected chi connectivity index (χ0v) is 53.6. The summed E-state index contributed by atoms with van der Waals surface area (Å²) in [5, 5.41) is 4.14. The molecule has 0 aliphatic carbocycles. The molecule has 90 heavy (non-hydrogen) atoms. The van der Waals surface area contributed by atoms with Gasteiger partial charge in [0.05, 0.1) is 30.0 Å². The Morgan fingerprint density at radius 2 is 0.911 bits per heavy atom. The first-order valence-corrected chi connectivity index (χ1v) is 28.9. The molecule has 20 heteroatoms. The summed E-state index contributed by atoms with van der Waals surface area (Å²) in [5.74, 6) is -0.522. The first-order chi connectivity index (χ1) is 41.3. The van der Waals surface area contributed by atoms with Crippen LogP contribution in [0.3, 0.4) is 0 Å². The van der Waals surface area contributed by atoms with Gasteiger partial charge >= 0.3 is 50.1 Å². The molecule has 0 aliphatic heterocycles. The normalized spacial score (nSPS) is 12.8. The third kappa shape index (κ3) is 20.1. The quantitative estimate of drug-likeness (QED) is 0.0587. The van der Waals surface area contributed by atoms with Gasteiger partial charge in [0.25, 0.3) is 0 Å². The predicted octanol–water partition coefficient (Wildman–Crippen LogP) is 11.9. The molecule has 9 nitrogen and oxygen atoms in total. The summed E-state index contributed by atoms with van der Waals surface area (Å²) in [5.41, 5.74) is 8.29. The number of ether oxygens (including phenoxy) is 2. The Balaban J connectivity index is 0.000000255. The van der Waals surface area contributed by atoms with Crippen LogP contribution in [0.1, 0.15) is 94.7 Å². The molecule has 464 valence electrons. The standard InChI is InChI=1S/C23H24F4N2O.C17H23F4NO2S.C10H9N.2C10H8N.2Li/c1-21(2,18-12-16(24)8-9-20(18)30-3)14-22(28,23(25,26)27)13-15-10-11-29-19-7-5-4-6-17(15)19;1-15(2,3)25(23)22-14(17(19,20)21)10-16(4,5)12-9-11(18)7-8-13(12)24-6;3*1-8-6-7-11-10-5-3-2-4-9(8)10;;/h4-12H,13-14,28H2,1-3H3;7-9H,10H2,1-6H3;2-7H,1H3;2*2-7H,1H2;;/q;;;2*-1;2*+1. The SMILES string of the molecule is COc1ccc(F)cc1C(C)(C)CC(=NS(=O)C(C)(C)C)C(F)(F)F.COc1ccc(F)cc1C(C)(C)CC(N)(Cc1ccnc2ccccc12)C(F)(F)F.Cc1ccnc2ccccc12.[CH2-]c1ccnc2ccccc12.[CH2-]c1ccnc2ccccc12.[Li+].[Li+]. The first-order valence-electron chi connectivity index (χ1n) is 27.8. The Morgan fingerprint density at radius 3 is 1.31 bits per heavy atom. The Morgan fingerprint density at radius 1 is 0.533 bits per heavy atom. The first kappa shape index (κ1) is 75.2. The van der Waals surface area contributed by atoms with E-state index in [4.69, 9.17) is 15.2 Å². The molecular formula is C70H72F8Li2N6O3S. The zero-order chi connectivity index (χ0) is 64.8. The van der Waals surface area contributed by atoms with Crippen molar-refractivity contribution in [3.8, 4) is 11.5 Å². The number of hydrogen-bond donors (Lipinski definition) is 1. The number of rotatable bonds is 11. The van der Waals surface area contributed by atoms with Gasteiger partial charge in [0.1, 0.15) is 45.4 Å². The fraction of sp³-hybridized carbons (Fsp3) is 0.271. The van der Waals surface area contributed by atoms with Gasteiger partial charge in [-0.2, -0.15) is 55.7 Å². The molecule has 10 aromatic rings. The van der Waals surface area contributed by atoms with Gasteiger partial charge in [0.15, 0.2) is 0 Å². The average molecular weight is 1240 g/mol. The number of hydrogen-bond acceptors (Lipinski definition) is 8. The summed E-state index contributed by atoms with van der Waals surface area (Å²) in [6, 6.07) is 46.1. The summed E-state index contributed by atoms with van der Waals surface area (Å²) < 4.78 is 135. The van der Waals surface area contributed by atoms with Crippen LogP contribution in [-0.4, -0.2) is 66.7 Å². The van der Waals surface area contributed by atoms with Crippen LogP contribution in [0.15, 0.2) is 187 Å². The van der Waals surface area contributed by atoms with Crippen LogP contribution in [0.25, 0.3) is 43.6 Å². The predicted molar refractivity (Wildman–Crippen MR) is 340 cm³/mol. The maximum Gasteiger partial charge on any atom is 1.00 e. The molecule has 0 saturated carbocycles. The fourth-order valence-electron chi connectivity index (χ4n) is 9.70. The van der Waals surface area contributed by atoms with E-state index in [1.807, 2.05) is 91.1 Å². The van der Waals surface area contributed by atoms with E-state index in [2.05, 4.69) is 51.2 Å². The van der Waals surface area contributed by atoms with Gasteiger partial charge in [-0.25, -0.2) is 13.0 Å². The summed E-state index contributed by atoms with van der Waals surface area (Å²) in [6.07, 6.45) is -3.98. The van der Waals surface area contributed by atoms with Crippen molar-refractivity contribution in [1.82, 2.24) is 19.9 Å². The third-order valence-electron chi connectivity index (χ3n) is 14.3. The maximum absolute atomic E-state index is 14.3. The van der Waals surface area contributed by atoms with Crippen molar-refractivity contribution in [1.29, 1.82) is 0 Å². The van der Waals surface area contributed by atoms with Crippen LogP contribution in [-0.2, 0) is 28.2 Å². The monoisotopic (exact) mass is 1240 g/mol. The Bertz CT molecular complexity index is 3840. The van der Waals surface area contributed by atoms with Crippen molar-refractivity contribution in [2.24, 2.45) is 10.1 Å². The topological polar surface area (TPSA) is 125 Å². The summed E-state index contributed by atoms with van der Waals surface area (Å²) in [6.45, 7) is 20.8. The molecule has 2 unspecified atom stereocenters. The van der Waals surface area contributed by atoms with Crippen molar-refractivity contribution in [2.45, 2.75) is 108 Å². The van der Waals surface area contributed by atoms with E-state index in [0.717, 1.165) is 44.5 Å². The minimum atomic E-state index is -4.74. The number of nitrogens with zero attached hydrogens (tertiary/aromatic N) is 5. The van der Waals surface area contributed by atoms with Crippen molar-refractivity contribution in [3.63, 3.8) is 0 Å². The molecule has 4 aromatic heterocycles. The molecule has 4 heterocycles. The molecule has 2 N–H and O–H groups in total. The van der Waals surface area contributed by atoms with Crippen LogP contribution in [0.5, 0.6) is 11.5 Å². The fourth-order valence-corrected chi connectivity index (χ4v) is 10.3. The molecule has 0 amide bonds. The van der Waals surface area contributed by atoms with E-state index in [1.165, 1.54) is 75.5 Å². The minimum absolute atomic E-state index is 0. The van der Waals surface area contributed by atoms with Gasteiger partial charge in [0.2, 0.25) is 0 Å². The molecular weight excluding hydrogens is 1170 g/mol. The number of alkyl halides is 6. The van der Waals surface area contributed by atoms with Gasteiger partial charge in [-0.3, -0.25) is 19.9 Å². The number of benzene rings is 6. The number of para-hydroxylation sites is 4. The molecule has 0 spiro atoms. The molecule has 2 atom stereocenters. The Kier molecular flexibility index (Phi) is 26.8. The van der Waals surface area contributed by atoms with Crippen LogP contribution in [0, 0.1) is 32.4 Å². The van der Waals surface area contributed by atoms with E-state index >= 15 is 0 Å². The molecule has 10 rings (SSSR count). The number of aryl methyl sites for hydroxylation is 1. The number of fused-ring (bicyclic) bond motifs is 4. The summed E-state index contributed by atoms with van der Waals surface area (Å²) in [7, 11) is 0.706. The number of pyridine rings is 4. The van der Waals surface area contributed by atoms with Gasteiger partial charge < -0.3 is 15.2 Å². The third-order valence-corrected chi connectivity index (χ3v) is 15.8. The van der Waals surface area contributed by atoms with E-state index in [1.54, 1.807) is 77.3 Å². The zero-order valence-electron chi connectivity index (χ0n) is 52.8. The van der Waals surface area contributed by atoms with Gasteiger partial charge in [-0.15, -0.1) is 35.0 Å². The number of aromatic nitrogens is 4. The van der Waals surface area contributed by atoms with Crippen LogP contribution >= 0.6 is 0 Å². The molecule has 0 aliphatic rings. The van der Waals surface area contributed by atoms with Gasteiger partial charge in [0, 0.05) is 51.7 Å². The van der Waals surface area contributed by atoms with Crippen molar-refractivity contribution < 1.29 is 86.5 Å². The molecule has 0 fully saturated rings. The number of halogens is 8. The average Bonchev–Trinajstić information content (AvgIpc) is 0.926. The van der Waals surface area contributed by atoms with Crippen molar-refractivity contribution >= 4 is 60.3 Å². The van der Waals surface area contributed by atoms with Gasteiger partial charge in [-0.05, 0) is 148 Å². The smallest absolute Gasteiger partial charge is 0.496 e. The van der Waals surface area contributed by atoms with Gasteiger partial charge in [-0.1, -0.05) is 88.4 Å². The maximum atomic E-state index is 14.3. The molecule has 0 saturated heterocycles. The van der Waals surface area contributed by atoms with E-state index in [0.29, 0.717) is 27.8 Å². The Labute approximate surface area is 548 Å². The van der Waals surface area contributed by atoms with E-state index < -0.39 is 81.1 Å². The summed E-state index contributed by atoms with van der Waals surface area (Å²) >= 11 is 0. The number of methoxy groups -OCH3 is 2. The second-order valence-electron chi connectivity index (χ2n) is 23.1. The minimum Gasteiger partial charge on any atom is -0.496 e. The van der Waals surface area contributed by atoms with Crippen LogP contribution < -0.4 is 52.9 Å². The van der Waals surface area contributed by atoms with Crippen molar-refractivity contribution in [3.05, 3.63) is 241 Å². The van der Waals surface area contributed by atoms with Crippen LogP contribution in [0.4, 0.5) is 35.1 Å². The summed E-state index contributed by atoms with van der Waals surface area (Å²) in [4.78, 5) is 16.9. The largest absolute Gasteiger partial charge is 1.00 e. The van der Waals surface area contributed by atoms with E-state index in [9.17, 15) is 39.3 Å². The molecule has 0 radical (unpaired) electrons. The Hall–Kier alpha value is -7.29. The molecule has 6 aromatic carbocycles. The molecule has 0 bridgehead atoms. The van der Waals surface area contributed by atoms with E-state index in [-0.39, 0.29) is 49.0 Å². The second-order valence-corrected chi connectivity index (χ2v) is 25.1.